The average molecular weight is 243 g/mol. The first-order valence-corrected chi connectivity index (χ1v) is 5.58. The number of ketones is 1. The number of hydrogen-bond donors (Lipinski definition) is 0. The maximum atomic E-state index is 11.6. The molecule has 0 aromatic carbocycles. The van der Waals surface area contributed by atoms with Gasteiger partial charge in [-0.2, -0.15) is 0 Å². The second-order valence-corrected chi connectivity index (χ2v) is 4.27. The van der Waals surface area contributed by atoms with Gasteiger partial charge in [-0.15, -0.1) is 0 Å². The van der Waals surface area contributed by atoms with Gasteiger partial charge in [-0.25, -0.2) is 4.79 Å². The third-order valence-electron chi connectivity index (χ3n) is 2.65. The quantitative estimate of drug-likeness (QED) is 0.535. The molecule has 1 aliphatic rings. The van der Waals surface area contributed by atoms with Crippen LogP contribution < -0.4 is 0 Å². The third kappa shape index (κ3) is 2.57. The van der Waals surface area contributed by atoms with E-state index < -0.39 is 18.0 Å². The number of hydrogen-bond acceptors (Lipinski definition) is 5. The van der Waals surface area contributed by atoms with Crippen LogP contribution in [-0.4, -0.2) is 35.1 Å². The summed E-state index contributed by atoms with van der Waals surface area (Å²) in [4.78, 5) is 28.0. The summed E-state index contributed by atoms with van der Waals surface area (Å²) in [5.74, 6) is -1.61. The zero-order valence-electron chi connectivity index (χ0n) is 10.4. The number of Topliss-reactive ketones (excluding diaryl/α,β-unsaturated/α-hetero) is 1. The van der Waals surface area contributed by atoms with Gasteiger partial charge in [-0.1, -0.05) is 13.8 Å². The normalized spacial score (nSPS) is 23.8. The Kier molecular flexibility index (Phi) is 4.09. The van der Waals surface area contributed by atoms with Crippen LogP contribution >= 0.6 is 0 Å². The van der Waals surface area contributed by atoms with Crippen LogP contribution in [-0.2, 0) is 19.2 Å². The molecule has 0 saturated heterocycles. The van der Waals surface area contributed by atoms with Crippen LogP contribution in [0.1, 0.15) is 27.7 Å². The van der Waals surface area contributed by atoms with Gasteiger partial charge in [0.1, 0.15) is 11.9 Å². The summed E-state index contributed by atoms with van der Waals surface area (Å²) in [6.07, 6.45) is -0.896. The lowest BCUT2D eigenvalue weighted by molar-refractivity contribution is -0.736. The van der Waals surface area contributed by atoms with E-state index in [4.69, 9.17) is 9.57 Å². The van der Waals surface area contributed by atoms with E-state index in [2.05, 4.69) is 0 Å². The highest BCUT2D eigenvalue weighted by Crippen LogP contribution is 2.26. The predicted molar refractivity (Wildman–Crippen MR) is 59.1 cm³/mol. The molecule has 17 heavy (non-hydrogen) atoms. The van der Waals surface area contributed by atoms with Gasteiger partial charge in [0.05, 0.1) is 12.5 Å². The van der Waals surface area contributed by atoms with Gasteiger partial charge >= 0.3 is 11.7 Å². The first-order valence-electron chi connectivity index (χ1n) is 5.58. The van der Waals surface area contributed by atoms with Crippen LogP contribution in [0.25, 0.3) is 0 Å². The fourth-order valence-electron chi connectivity index (χ4n) is 1.90. The highest BCUT2D eigenvalue weighted by molar-refractivity contribution is 6.36. The summed E-state index contributed by atoms with van der Waals surface area (Å²) in [5.41, 5.74) is -0.123. The van der Waals surface area contributed by atoms with Crippen molar-refractivity contribution in [2.75, 3.05) is 6.61 Å². The molecule has 0 spiro atoms. The molecule has 2 atom stereocenters. The molecule has 1 rings (SSSR count). The van der Waals surface area contributed by atoms with Crippen LogP contribution in [0.15, 0.2) is 0 Å². The Morgan fingerprint density at radius 3 is 2.53 bits per heavy atom. The van der Waals surface area contributed by atoms with Gasteiger partial charge in [0.15, 0.2) is 0 Å². The van der Waals surface area contributed by atoms with Crippen molar-refractivity contribution in [1.82, 2.24) is 0 Å². The standard InChI is InChI=1S/C11H17NO5/c1-5-16-11(14)9-8(6(2)3)10(7(4)13)17-12(9)15/h6,8,10H,5H2,1-4H3/t8-,10+/m1/s1. The SMILES string of the molecule is CCOC(=O)C1=[N+]([O-])O[C@@H](C(C)=O)[C@@H]1C(C)C. The Labute approximate surface area is 99.7 Å². The molecule has 0 aromatic heterocycles. The fraction of sp³-hybridized carbons (Fsp3) is 0.727. The highest BCUT2D eigenvalue weighted by atomic mass is 16.9. The number of esters is 1. The molecule has 1 heterocycles. The minimum absolute atomic E-state index is 0.0674. The van der Waals surface area contributed by atoms with E-state index in [1.807, 2.05) is 13.8 Å². The van der Waals surface area contributed by atoms with E-state index in [0.717, 1.165) is 0 Å². The van der Waals surface area contributed by atoms with Gasteiger partial charge in [0, 0.05) is 4.90 Å². The second kappa shape index (κ2) is 5.16. The predicted octanol–water partition coefficient (Wildman–Crippen LogP) is 0.676. The van der Waals surface area contributed by atoms with Gasteiger partial charge in [-0.05, 0) is 19.8 Å². The van der Waals surface area contributed by atoms with E-state index >= 15 is 0 Å². The Morgan fingerprint density at radius 2 is 2.12 bits per heavy atom. The number of rotatable bonds is 4. The lowest BCUT2D eigenvalue weighted by Gasteiger charge is -2.18. The second-order valence-electron chi connectivity index (χ2n) is 4.27. The Balaban J connectivity index is 3.04. The Bertz CT molecular complexity index is 361. The summed E-state index contributed by atoms with van der Waals surface area (Å²) >= 11 is 0. The van der Waals surface area contributed by atoms with Gasteiger partial charge in [-0.3, -0.25) is 10.0 Å². The van der Waals surface area contributed by atoms with Gasteiger partial charge in [0.2, 0.25) is 0 Å². The van der Waals surface area contributed by atoms with Crippen LogP contribution in [0.3, 0.4) is 0 Å². The van der Waals surface area contributed by atoms with Crippen LogP contribution in [0.4, 0.5) is 0 Å². The molecule has 0 aromatic rings. The molecule has 1 aliphatic heterocycles. The van der Waals surface area contributed by atoms with Crippen molar-refractivity contribution in [1.29, 1.82) is 0 Å². The lowest BCUT2D eigenvalue weighted by atomic mass is 9.85. The van der Waals surface area contributed by atoms with Crippen molar-refractivity contribution in [3.05, 3.63) is 5.21 Å². The smallest absolute Gasteiger partial charge is 0.405 e. The summed E-state index contributed by atoms with van der Waals surface area (Å²) in [6.45, 7) is 6.80. The summed E-state index contributed by atoms with van der Waals surface area (Å²) in [6, 6.07) is 0. The van der Waals surface area contributed by atoms with Crippen molar-refractivity contribution >= 4 is 17.5 Å². The largest absolute Gasteiger partial charge is 0.458 e. The lowest BCUT2D eigenvalue weighted by Crippen LogP contribution is -2.37. The molecule has 0 aliphatic carbocycles. The average Bonchev–Trinajstić information content (AvgIpc) is 2.56. The van der Waals surface area contributed by atoms with E-state index in [1.165, 1.54) is 6.92 Å². The molecule has 0 saturated carbocycles. The number of ether oxygens (including phenoxy) is 1. The maximum Gasteiger partial charge on any atom is 0.405 e. The fourth-order valence-corrected chi connectivity index (χ4v) is 1.90. The summed E-state index contributed by atoms with van der Waals surface area (Å²) in [7, 11) is 0. The Hall–Kier alpha value is -1.59. The van der Waals surface area contributed by atoms with Gasteiger partial charge < -0.3 is 9.57 Å². The zero-order chi connectivity index (χ0) is 13.2. The number of nitrogens with zero attached hydrogens (tertiary/aromatic N) is 1. The minimum Gasteiger partial charge on any atom is -0.458 e. The first kappa shape index (κ1) is 13.5. The van der Waals surface area contributed by atoms with E-state index in [1.54, 1.807) is 6.92 Å². The molecule has 0 unspecified atom stereocenters. The molecular weight excluding hydrogens is 226 g/mol. The number of carbonyl (C=O) groups is 2. The van der Waals surface area contributed by atoms with Crippen LogP contribution in [0.5, 0.6) is 0 Å². The summed E-state index contributed by atoms with van der Waals surface area (Å²) in [5, 5.41) is 11.5. The summed E-state index contributed by atoms with van der Waals surface area (Å²) < 4.78 is 4.80. The molecular formula is C11H17NO5. The molecule has 0 radical (unpaired) electrons. The molecule has 0 bridgehead atoms. The zero-order valence-corrected chi connectivity index (χ0v) is 10.4. The Morgan fingerprint density at radius 1 is 1.53 bits per heavy atom. The molecule has 0 amide bonds. The molecule has 0 N–H and O–H groups in total. The van der Waals surface area contributed by atoms with E-state index in [9.17, 15) is 14.8 Å². The maximum absolute atomic E-state index is 11.6. The van der Waals surface area contributed by atoms with Crippen molar-refractivity contribution in [3.63, 3.8) is 0 Å². The molecule has 0 fully saturated rings. The van der Waals surface area contributed by atoms with Gasteiger partial charge in [0.25, 0.3) is 0 Å². The number of carbonyl (C=O) groups excluding carboxylic acids is 2. The molecule has 6 heteroatoms. The monoisotopic (exact) mass is 243 g/mol. The van der Waals surface area contributed by atoms with Crippen molar-refractivity contribution in [2.24, 2.45) is 11.8 Å². The highest BCUT2D eigenvalue weighted by Gasteiger charge is 2.48. The van der Waals surface area contributed by atoms with Crippen LogP contribution in [0, 0.1) is 17.0 Å². The van der Waals surface area contributed by atoms with Crippen LogP contribution in [0.2, 0.25) is 0 Å². The minimum atomic E-state index is -0.896. The van der Waals surface area contributed by atoms with E-state index in [-0.39, 0.29) is 28.9 Å². The first-order chi connectivity index (χ1) is 7.90. The van der Waals surface area contributed by atoms with Crippen molar-refractivity contribution in [3.8, 4) is 0 Å². The van der Waals surface area contributed by atoms with E-state index in [0.29, 0.717) is 0 Å². The van der Waals surface area contributed by atoms with Crippen molar-refractivity contribution in [2.45, 2.75) is 33.8 Å². The van der Waals surface area contributed by atoms with Crippen molar-refractivity contribution < 1.29 is 24.1 Å². The third-order valence-corrected chi connectivity index (χ3v) is 2.65. The molecule has 6 nitrogen and oxygen atoms in total. The topological polar surface area (TPSA) is 78.7 Å². The molecule has 96 valence electrons.